The predicted octanol–water partition coefficient (Wildman–Crippen LogP) is 1.06. The Morgan fingerprint density at radius 1 is 1.47 bits per heavy atom. The molecule has 2 N–H and O–H groups in total. The Kier molecular flexibility index (Phi) is 3.75. The lowest BCUT2D eigenvalue weighted by molar-refractivity contribution is -0.385. The van der Waals surface area contributed by atoms with Crippen LogP contribution in [0.15, 0.2) is 18.2 Å². The van der Waals surface area contributed by atoms with Crippen LogP contribution in [0.3, 0.4) is 0 Å². The maximum atomic E-state index is 10.4. The van der Waals surface area contributed by atoms with E-state index in [1.165, 1.54) is 18.2 Å². The van der Waals surface area contributed by atoms with Crippen molar-refractivity contribution in [3.63, 3.8) is 0 Å². The molecule has 82 valence electrons. The highest BCUT2D eigenvalue weighted by atomic mass is 32.2. The molecule has 1 rings (SSSR count). The molecule has 0 heterocycles. The summed E-state index contributed by atoms with van der Waals surface area (Å²) in [6, 6.07) is 3.88. The summed E-state index contributed by atoms with van der Waals surface area (Å²) < 4.78 is 18.9. The van der Waals surface area contributed by atoms with Crippen LogP contribution in [0.4, 0.5) is 5.69 Å². The SMILES string of the molecule is O=[N+]([O-])c1cc(CCS(=O)O)ccc1O. The molecule has 0 fully saturated rings. The fourth-order valence-corrected chi connectivity index (χ4v) is 1.49. The fraction of sp³-hybridized carbons (Fsp3) is 0.250. The Morgan fingerprint density at radius 3 is 2.67 bits per heavy atom. The van der Waals surface area contributed by atoms with Gasteiger partial charge in [-0.1, -0.05) is 6.07 Å². The highest BCUT2D eigenvalue weighted by Gasteiger charge is 2.13. The molecule has 1 unspecified atom stereocenters. The molecule has 1 aromatic rings. The summed E-state index contributed by atoms with van der Waals surface area (Å²) in [5.41, 5.74) is 0.151. The van der Waals surface area contributed by atoms with Crippen molar-refractivity contribution >= 4 is 16.8 Å². The molecule has 1 aromatic carbocycles. The number of phenolic OH excluding ortho intramolecular Hbond substituents is 1. The van der Waals surface area contributed by atoms with E-state index in [0.717, 1.165) is 0 Å². The van der Waals surface area contributed by atoms with Crippen molar-refractivity contribution in [3.8, 4) is 5.75 Å². The highest BCUT2D eigenvalue weighted by molar-refractivity contribution is 7.79. The van der Waals surface area contributed by atoms with Crippen LogP contribution in [0.25, 0.3) is 0 Å². The second-order valence-corrected chi connectivity index (χ2v) is 3.91. The van der Waals surface area contributed by atoms with Gasteiger partial charge in [0, 0.05) is 6.07 Å². The number of hydrogen-bond donors (Lipinski definition) is 2. The molecule has 7 heteroatoms. The number of aryl methyl sites for hydroxylation is 1. The van der Waals surface area contributed by atoms with Crippen LogP contribution in [0.5, 0.6) is 5.75 Å². The Hall–Kier alpha value is -1.47. The molecule has 0 aromatic heterocycles. The number of rotatable bonds is 4. The van der Waals surface area contributed by atoms with Gasteiger partial charge >= 0.3 is 5.69 Å². The quantitative estimate of drug-likeness (QED) is 0.458. The van der Waals surface area contributed by atoms with Crippen molar-refractivity contribution < 1.29 is 18.8 Å². The summed E-state index contributed by atoms with van der Waals surface area (Å²) in [6.45, 7) is 0. The summed E-state index contributed by atoms with van der Waals surface area (Å²) in [4.78, 5) is 9.75. The maximum Gasteiger partial charge on any atom is 0.310 e. The van der Waals surface area contributed by atoms with Gasteiger partial charge in [-0.25, -0.2) is 4.21 Å². The zero-order valence-electron chi connectivity index (χ0n) is 7.62. The average molecular weight is 231 g/mol. The maximum absolute atomic E-state index is 10.4. The zero-order chi connectivity index (χ0) is 11.4. The van der Waals surface area contributed by atoms with Gasteiger partial charge < -0.3 is 9.66 Å². The third-order valence-corrected chi connectivity index (χ3v) is 2.36. The normalized spacial score (nSPS) is 12.3. The number of benzene rings is 1. The minimum atomic E-state index is -1.92. The second-order valence-electron chi connectivity index (χ2n) is 2.86. The molecule has 0 radical (unpaired) electrons. The smallest absolute Gasteiger partial charge is 0.310 e. The monoisotopic (exact) mass is 231 g/mol. The van der Waals surface area contributed by atoms with Crippen molar-refractivity contribution in [2.45, 2.75) is 6.42 Å². The number of hydrogen-bond acceptors (Lipinski definition) is 4. The molecule has 1 atom stereocenters. The highest BCUT2D eigenvalue weighted by Crippen LogP contribution is 2.26. The second kappa shape index (κ2) is 4.85. The molecule has 0 saturated heterocycles. The topological polar surface area (TPSA) is 101 Å². The Morgan fingerprint density at radius 2 is 2.13 bits per heavy atom. The Bertz CT molecular complexity index is 406. The lowest BCUT2D eigenvalue weighted by Crippen LogP contribution is -1.99. The molecular formula is C8H9NO5S. The van der Waals surface area contributed by atoms with Crippen molar-refractivity contribution in [2.75, 3.05) is 5.75 Å². The Balaban J connectivity index is 2.87. The third-order valence-electron chi connectivity index (χ3n) is 1.80. The first-order chi connectivity index (χ1) is 7.00. The van der Waals surface area contributed by atoms with Crippen LogP contribution in [-0.2, 0) is 17.5 Å². The lowest BCUT2D eigenvalue weighted by atomic mass is 10.1. The van der Waals surface area contributed by atoms with Crippen LogP contribution in [0, 0.1) is 10.1 Å². The van der Waals surface area contributed by atoms with E-state index in [-0.39, 0.29) is 12.2 Å². The van der Waals surface area contributed by atoms with Crippen LogP contribution >= 0.6 is 0 Å². The first-order valence-electron chi connectivity index (χ1n) is 4.04. The van der Waals surface area contributed by atoms with Gasteiger partial charge in [0.05, 0.1) is 10.7 Å². The van der Waals surface area contributed by atoms with Crippen LogP contribution < -0.4 is 0 Å². The van der Waals surface area contributed by atoms with E-state index in [4.69, 9.17) is 9.66 Å². The summed E-state index contributed by atoms with van der Waals surface area (Å²) in [5, 5.41) is 19.6. The van der Waals surface area contributed by atoms with Crippen LogP contribution in [-0.4, -0.2) is 24.5 Å². The van der Waals surface area contributed by atoms with Gasteiger partial charge in [0.2, 0.25) is 0 Å². The van der Waals surface area contributed by atoms with Gasteiger partial charge in [0.15, 0.2) is 16.8 Å². The molecule has 0 bridgehead atoms. The summed E-state index contributed by atoms with van der Waals surface area (Å²) in [7, 11) is 0. The van der Waals surface area contributed by atoms with Crippen LogP contribution in [0.1, 0.15) is 5.56 Å². The summed E-state index contributed by atoms with van der Waals surface area (Å²) >= 11 is -1.92. The molecular weight excluding hydrogens is 222 g/mol. The molecule has 0 aliphatic heterocycles. The summed E-state index contributed by atoms with van der Waals surface area (Å²) in [6.07, 6.45) is 0.254. The first kappa shape index (κ1) is 11.6. The zero-order valence-corrected chi connectivity index (χ0v) is 8.44. The van der Waals surface area contributed by atoms with Gasteiger partial charge in [-0.15, -0.1) is 0 Å². The lowest BCUT2D eigenvalue weighted by Gasteiger charge is -2.00. The molecule has 0 amide bonds. The molecule has 0 aliphatic carbocycles. The minimum Gasteiger partial charge on any atom is -0.502 e. The Labute approximate surface area is 88.0 Å². The van der Waals surface area contributed by atoms with E-state index in [0.29, 0.717) is 5.56 Å². The molecule has 6 nitrogen and oxygen atoms in total. The van der Waals surface area contributed by atoms with E-state index < -0.39 is 27.4 Å². The van der Waals surface area contributed by atoms with Gasteiger partial charge in [-0.3, -0.25) is 10.1 Å². The molecule has 0 saturated carbocycles. The first-order valence-corrected chi connectivity index (χ1v) is 5.32. The van der Waals surface area contributed by atoms with E-state index in [1.807, 2.05) is 0 Å². The number of nitrogens with zero attached hydrogens (tertiary/aromatic N) is 1. The van der Waals surface area contributed by atoms with Crippen LogP contribution in [0.2, 0.25) is 0 Å². The van der Waals surface area contributed by atoms with Crippen molar-refractivity contribution in [1.82, 2.24) is 0 Å². The summed E-state index contributed by atoms with van der Waals surface area (Å²) in [5.74, 6) is -0.393. The van der Waals surface area contributed by atoms with Gasteiger partial charge in [-0.05, 0) is 18.1 Å². The predicted molar refractivity (Wildman–Crippen MR) is 54.1 cm³/mol. The molecule has 0 spiro atoms. The largest absolute Gasteiger partial charge is 0.502 e. The van der Waals surface area contributed by atoms with Crippen molar-refractivity contribution in [1.29, 1.82) is 0 Å². The van der Waals surface area contributed by atoms with E-state index in [2.05, 4.69) is 0 Å². The van der Waals surface area contributed by atoms with Crippen molar-refractivity contribution in [2.24, 2.45) is 0 Å². The van der Waals surface area contributed by atoms with E-state index >= 15 is 0 Å². The number of aromatic hydroxyl groups is 1. The number of nitro benzene ring substituents is 1. The molecule has 15 heavy (non-hydrogen) atoms. The standard InChI is InChI=1S/C8H9NO5S/c10-8-2-1-6(3-4-15(13)14)5-7(8)9(11)12/h1-2,5,10H,3-4H2,(H,13,14). The van der Waals surface area contributed by atoms with E-state index in [9.17, 15) is 14.3 Å². The fourth-order valence-electron chi connectivity index (χ4n) is 1.08. The number of nitro groups is 1. The third kappa shape index (κ3) is 3.30. The van der Waals surface area contributed by atoms with E-state index in [1.54, 1.807) is 0 Å². The van der Waals surface area contributed by atoms with Gasteiger partial charge in [0.25, 0.3) is 0 Å². The van der Waals surface area contributed by atoms with Gasteiger partial charge in [0.1, 0.15) is 0 Å². The van der Waals surface area contributed by atoms with Gasteiger partial charge in [-0.2, -0.15) is 0 Å². The number of phenols is 1. The molecule has 0 aliphatic rings. The average Bonchev–Trinajstić information content (AvgIpc) is 2.16. The van der Waals surface area contributed by atoms with Crippen molar-refractivity contribution in [3.05, 3.63) is 33.9 Å². The minimum absolute atomic E-state index is 0.0158.